The van der Waals surface area contributed by atoms with Gasteiger partial charge in [-0.15, -0.1) is 11.3 Å². The van der Waals surface area contributed by atoms with Crippen molar-refractivity contribution in [1.82, 2.24) is 10.9 Å². The second-order valence-electron chi connectivity index (χ2n) is 5.02. The summed E-state index contributed by atoms with van der Waals surface area (Å²) in [5.41, 5.74) is 6.26. The molecule has 2 N–H and O–H groups in total. The van der Waals surface area contributed by atoms with Crippen molar-refractivity contribution in [2.75, 3.05) is 0 Å². The first-order valence-corrected chi connectivity index (χ1v) is 7.59. The van der Waals surface area contributed by atoms with Crippen LogP contribution < -0.4 is 10.9 Å². The lowest BCUT2D eigenvalue weighted by atomic mass is 10.1. The summed E-state index contributed by atoms with van der Waals surface area (Å²) in [5.74, 6) is 0.251. The number of rotatable bonds is 5. The maximum absolute atomic E-state index is 12.1. The Labute approximate surface area is 127 Å². The summed E-state index contributed by atoms with van der Waals surface area (Å²) in [6.07, 6.45) is 0.806. The molecule has 1 aromatic carbocycles. The largest absolute Gasteiger partial charge is 0.303 e. The summed E-state index contributed by atoms with van der Waals surface area (Å²) in [5, 5.41) is 1.41. The van der Waals surface area contributed by atoms with Crippen molar-refractivity contribution in [2.45, 2.75) is 20.3 Å². The molecule has 1 aromatic heterocycles. The van der Waals surface area contributed by atoms with Gasteiger partial charge in [-0.2, -0.15) is 0 Å². The molecule has 0 aliphatic heterocycles. The van der Waals surface area contributed by atoms with Crippen molar-refractivity contribution < 1.29 is 4.79 Å². The van der Waals surface area contributed by atoms with E-state index in [-0.39, 0.29) is 5.91 Å². The van der Waals surface area contributed by atoms with Gasteiger partial charge in [-0.25, -0.2) is 0 Å². The predicted molar refractivity (Wildman–Crippen MR) is 86.0 cm³/mol. The molecule has 0 atom stereocenters. The molecule has 3 nitrogen and oxygen atoms in total. The highest BCUT2D eigenvalue weighted by atomic mass is 35.5. The highest BCUT2D eigenvalue weighted by molar-refractivity contribution is 7.21. The molecule has 0 unspecified atom stereocenters. The molecule has 20 heavy (non-hydrogen) atoms. The molecule has 0 bridgehead atoms. The number of benzene rings is 1. The van der Waals surface area contributed by atoms with Gasteiger partial charge in [0.25, 0.3) is 5.91 Å². The molecule has 5 heteroatoms. The zero-order valence-electron chi connectivity index (χ0n) is 11.5. The maximum Gasteiger partial charge on any atom is 0.281 e. The summed E-state index contributed by atoms with van der Waals surface area (Å²) in [6, 6.07) is 7.70. The van der Waals surface area contributed by atoms with Crippen LogP contribution in [0.1, 0.15) is 29.9 Å². The normalized spacial score (nSPS) is 10.8. The number of halogens is 1. The van der Waals surface area contributed by atoms with E-state index in [0.717, 1.165) is 22.2 Å². The van der Waals surface area contributed by atoms with E-state index in [2.05, 4.69) is 31.3 Å². The van der Waals surface area contributed by atoms with E-state index in [0.29, 0.717) is 15.8 Å². The first kappa shape index (κ1) is 14.9. The Hall–Kier alpha value is -1.52. The third kappa shape index (κ3) is 3.32. The van der Waals surface area contributed by atoms with Crippen molar-refractivity contribution in [3.8, 4) is 0 Å². The highest BCUT2D eigenvalue weighted by Crippen LogP contribution is 2.34. The number of carbonyl (C=O) groups excluding carboxylic acids is 1. The van der Waals surface area contributed by atoms with Crippen LogP contribution in [-0.4, -0.2) is 5.91 Å². The van der Waals surface area contributed by atoms with E-state index in [1.54, 1.807) is 0 Å². The van der Waals surface area contributed by atoms with E-state index in [9.17, 15) is 4.79 Å². The minimum Gasteiger partial charge on any atom is -0.303 e. The first-order chi connectivity index (χ1) is 9.49. The third-order valence-electron chi connectivity index (χ3n) is 2.75. The van der Waals surface area contributed by atoms with Crippen LogP contribution in [0.15, 0.2) is 36.5 Å². The van der Waals surface area contributed by atoms with Gasteiger partial charge in [-0.1, -0.05) is 50.2 Å². The molecular formula is C15H17ClN2OS. The van der Waals surface area contributed by atoms with Gasteiger partial charge in [0.1, 0.15) is 4.88 Å². The van der Waals surface area contributed by atoms with Crippen LogP contribution in [0.25, 0.3) is 10.1 Å². The van der Waals surface area contributed by atoms with Crippen LogP contribution in [0.3, 0.4) is 0 Å². The Morgan fingerprint density at radius 3 is 2.70 bits per heavy atom. The Morgan fingerprint density at radius 1 is 1.35 bits per heavy atom. The van der Waals surface area contributed by atoms with Gasteiger partial charge in [0, 0.05) is 15.8 Å². The lowest BCUT2D eigenvalue weighted by Gasteiger charge is -2.12. The van der Waals surface area contributed by atoms with Crippen molar-refractivity contribution in [2.24, 2.45) is 5.92 Å². The molecule has 1 amide bonds. The highest BCUT2D eigenvalue weighted by Gasteiger charge is 2.16. The lowest BCUT2D eigenvalue weighted by molar-refractivity contribution is 0.0942. The van der Waals surface area contributed by atoms with Crippen LogP contribution in [-0.2, 0) is 0 Å². The van der Waals surface area contributed by atoms with Crippen LogP contribution in [0, 0.1) is 5.92 Å². The average Bonchev–Trinajstić information content (AvgIpc) is 2.73. The molecule has 0 fully saturated rings. The summed E-state index contributed by atoms with van der Waals surface area (Å²) in [7, 11) is 0. The molecule has 0 radical (unpaired) electrons. The monoisotopic (exact) mass is 308 g/mol. The van der Waals surface area contributed by atoms with Gasteiger partial charge in [-0.05, 0) is 18.4 Å². The predicted octanol–water partition coefficient (Wildman–Crippen LogP) is 4.35. The van der Waals surface area contributed by atoms with Crippen molar-refractivity contribution in [3.63, 3.8) is 0 Å². The van der Waals surface area contributed by atoms with E-state index < -0.39 is 0 Å². The molecule has 0 saturated carbocycles. The SMILES string of the molecule is C=C(CC(C)C)NNC(=O)c1sc2ccccc2c1Cl. The van der Waals surface area contributed by atoms with Gasteiger partial charge < -0.3 is 5.43 Å². The fourth-order valence-electron chi connectivity index (χ4n) is 1.91. The van der Waals surface area contributed by atoms with Gasteiger partial charge in [0.15, 0.2) is 0 Å². The van der Waals surface area contributed by atoms with Gasteiger partial charge >= 0.3 is 0 Å². The summed E-state index contributed by atoms with van der Waals surface area (Å²) in [4.78, 5) is 12.6. The fourth-order valence-corrected chi connectivity index (χ4v) is 3.32. The molecule has 0 spiro atoms. The van der Waals surface area contributed by atoms with Crippen molar-refractivity contribution in [3.05, 3.63) is 46.4 Å². The molecule has 2 aromatic rings. The smallest absolute Gasteiger partial charge is 0.281 e. The van der Waals surface area contributed by atoms with Crippen LogP contribution in [0.4, 0.5) is 0 Å². The molecule has 0 aliphatic carbocycles. The third-order valence-corrected chi connectivity index (χ3v) is 4.42. The van der Waals surface area contributed by atoms with Crippen molar-refractivity contribution >= 4 is 38.9 Å². The lowest BCUT2D eigenvalue weighted by Crippen LogP contribution is -2.36. The molecule has 0 aliphatic rings. The average molecular weight is 309 g/mol. The van der Waals surface area contributed by atoms with E-state index in [1.807, 2.05) is 24.3 Å². The Bertz CT molecular complexity index is 648. The molecule has 106 valence electrons. The Kier molecular flexibility index (Phi) is 4.68. The summed E-state index contributed by atoms with van der Waals surface area (Å²) >= 11 is 7.63. The van der Waals surface area contributed by atoms with Crippen LogP contribution >= 0.6 is 22.9 Å². The standard InChI is InChI=1S/C15H17ClN2OS/c1-9(2)8-10(3)17-18-15(19)14-13(16)11-6-4-5-7-12(11)20-14/h4-7,9,17H,3,8H2,1-2H3,(H,18,19). The second-order valence-corrected chi connectivity index (χ2v) is 6.45. The maximum atomic E-state index is 12.1. The zero-order valence-corrected chi connectivity index (χ0v) is 13.1. The molecule has 2 rings (SSSR count). The van der Waals surface area contributed by atoms with Crippen LogP contribution in [0.5, 0.6) is 0 Å². The van der Waals surface area contributed by atoms with E-state index in [1.165, 1.54) is 11.3 Å². The summed E-state index contributed by atoms with van der Waals surface area (Å²) in [6.45, 7) is 8.06. The van der Waals surface area contributed by atoms with E-state index in [4.69, 9.17) is 11.6 Å². The quantitative estimate of drug-likeness (QED) is 0.806. The van der Waals surface area contributed by atoms with Gasteiger partial charge in [-0.3, -0.25) is 10.2 Å². The number of hydrogen-bond acceptors (Lipinski definition) is 3. The number of thiophene rings is 1. The number of hydrogen-bond donors (Lipinski definition) is 2. The van der Waals surface area contributed by atoms with Crippen molar-refractivity contribution in [1.29, 1.82) is 0 Å². The van der Waals surface area contributed by atoms with E-state index >= 15 is 0 Å². The molecule has 1 heterocycles. The number of carbonyl (C=O) groups is 1. The minimum atomic E-state index is -0.235. The Balaban J connectivity index is 2.08. The summed E-state index contributed by atoms with van der Waals surface area (Å²) < 4.78 is 1.00. The number of amides is 1. The number of allylic oxidation sites excluding steroid dienone is 1. The first-order valence-electron chi connectivity index (χ1n) is 6.40. The molecular weight excluding hydrogens is 292 g/mol. The number of nitrogens with one attached hydrogen (secondary N) is 2. The Morgan fingerprint density at radius 2 is 2.05 bits per heavy atom. The van der Waals surface area contributed by atoms with Gasteiger partial charge in [0.05, 0.1) is 5.02 Å². The van der Waals surface area contributed by atoms with Crippen LogP contribution in [0.2, 0.25) is 5.02 Å². The van der Waals surface area contributed by atoms with Gasteiger partial charge in [0.2, 0.25) is 0 Å². The molecule has 0 saturated heterocycles. The second kappa shape index (κ2) is 6.29. The fraction of sp³-hybridized carbons (Fsp3) is 0.267. The number of hydrazine groups is 1. The number of fused-ring (bicyclic) bond motifs is 1. The zero-order chi connectivity index (χ0) is 14.7. The topological polar surface area (TPSA) is 41.1 Å². The minimum absolute atomic E-state index is 0.235.